The molecule has 0 saturated carbocycles. The number of carbonyl (C=O) groups excluding carboxylic acids is 1. The van der Waals surface area contributed by atoms with E-state index in [4.69, 9.17) is 19.7 Å². The van der Waals surface area contributed by atoms with E-state index < -0.39 is 17.6 Å². The van der Waals surface area contributed by atoms with Gasteiger partial charge in [-0.1, -0.05) is 5.16 Å². The zero-order valence-electron chi connectivity index (χ0n) is 13.8. The third-order valence-electron chi connectivity index (χ3n) is 2.96. The van der Waals surface area contributed by atoms with Crippen LogP contribution in [0, 0.1) is 0 Å². The molecule has 1 heterocycles. The Morgan fingerprint density at radius 1 is 1.30 bits per heavy atom. The van der Waals surface area contributed by atoms with Gasteiger partial charge < -0.3 is 19.7 Å². The highest BCUT2D eigenvalue weighted by molar-refractivity contribution is 5.77. The summed E-state index contributed by atoms with van der Waals surface area (Å²) in [6.45, 7) is 7.88. The van der Waals surface area contributed by atoms with E-state index in [1.807, 2.05) is 31.2 Å². The summed E-state index contributed by atoms with van der Waals surface area (Å²) in [4.78, 5) is 12.0. The standard InChI is InChI=1S/C17H22N2O4/c1-5-21-12-8-6-11(7-9-12)13-10-14(23-19-13)15(18)16(20)22-17(2,3)4/h6-10,15H,5,18H2,1-4H3. The Labute approximate surface area is 135 Å². The number of nitrogens with zero attached hydrogens (tertiary/aromatic N) is 1. The number of nitrogens with two attached hydrogens (primary N) is 1. The molecular weight excluding hydrogens is 296 g/mol. The second kappa shape index (κ2) is 6.83. The van der Waals surface area contributed by atoms with E-state index in [9.17, 15) is 4.79 Å². The quantitative estimate of drug-likeness (QED) is 0.852. The van der Waals surface area contributed by atoms with Gasteiger partial charge in [0.05, 0.1) is 6.61 Å². The minimum Gasteiger partial charge on any atom is -0.494 e. The van der Waals surface area contributed by atoms with Gasteiger partial charge in [-0.15, -0.1) is 0 Å². The van der Waals surface area contributed by atoms with Crippen LogP contribution in [0.2, 0.25) is 0 Å². The number of rotatable bonds is 5. The highest BCUT2D eigenvalue weighted by atomic mass is 16.6. The normalized spacial score (nSPS) is 12.7. The molecule has 0 saturated heterocycles. The first-order valence-corrected chi connectivity index (χ1v) is 7.48. The third-order valence-corrected chi connectivity index (χ3v) is 2.96. The van der Waals surface area contributed by atoms with Crippen molar-refractivity contribution < 1.29 is 18.8 Å². The van der Waals surface area contributed by atoms with Crippen molar-refractivity contribution in [2.45, 2.75) is 39.3 Å². The number of esters is 1. The first kappa shape index (κ1) is 17.0. The monoisotopic (exact) mass is 318 g/mol. The van der Waals surface area contributed by atoms with E-state index in [-0.39, 0.29) is 5.76 Å². The predicted octanol–water partition coefficient (Wildman–Crippen LogP) is 3.08. The van der Waals surface area contributed by atoms with Gasteiger partial charge in [0.15, 0.2) is 11.8 Å². The Hall–Kier alpha value is -2.34. The number of aromatic nitrogens is 1. The molecule has 0 spiro atoms. The molecule has 124 valence electrons. The number of hydrogen-bond acceptors (Lipinski definition) is 6. The smallest absolute Gasteiger partial charge is 0.331 e. The molecule has 23 heavy (non-hydrogen) atoms. The molecular formula is C17H22N2O4. The molecule has 2 rings (SSSR count). The van der Waals surface area contributed by atoms with Gasteiger partial charge in [-0.25, -0.2) is 4.79 Å². The minimum atomic E-state index is -1.00. The van der Waals surface area contributed by atoms with Crippen LogP contribution in [0.3, 0.4) is 0 Å². The van der Waals surface area contributed by atoms with Gasteiger partial charge in [0.25, 0.3) is 0 Å². The van der Waals surface area contributed by atoms with Gasteiger partial charge in [0.2, 0.25) is 0 Å². The zero-order valence-corrected chi connectivity index (χ0v) is 13.8. The molecule has 6 heteroatoms. The van der Waals surface area contributed by atoms with Gasteiger partial charge in [-0.05, 0) is 52.0 Å². The van der Waals surface area contributed by atoms with Crippen LogP contribution in [-0.2, 0) is 9.53 Å². The van der Waals surface area contributed by atoms with Crippen molar-refractivity contribution in [3.05, 3.63) is 36.1 Å². The van der Waals surface area contributed by atoms with Crippen molar-refractivity contribution in [1.29, 1.82) is 0 Å². The molecule has 0 radical (unpaired) electrons. The summed E-state index contributed by atoms with van der Waals surface area (Å²) in [6, 6.07) is 8.07. The van der Waals surface area contributed by atoms with Gasteiger partial charge >= 0.3 is 5.97 Å². The average molecular weight is 318 g/mol. The fraction of sp³-hybridized carbons (Fsp3) is 0.412. The molecule has 0 amide bonds. The number of carbonyl (C=O) groups is 1. The lowest BCUT2D eigenvalue weighted by Gasteiger charge is -2.21. The Balaban J connectivity index is 2.12. The first-order chi connectivity index (χ1) is 10.8. The van der Waals surface area contributed by atoms with Gasteiger partial charge in [0, 0.05) is 11.6 Å². The van der Waals surface area contributed by atoms with Gasteiger partial charge in [-0.2, -0.15) is 0 Å². The highest BCUT2D eigenvalue weighted by Crippen LogP contribution is 2.25. The van der Waals surface area contributed by atoms with E-state index in [2.05, 4.69) is 5.16 Å². The molecule has 1 atom stereocenters. The van der Waals surface area contributed by atoms with Gasteiger partial charge in [-0.3, -0.25) is 0 Å². The topological polar surface area (TPSA) is 87.6 Å². The molecule has 6 nitrogen and oxygen atoms in total. The molecule has 1 aromatic heterocycles. The van der Waals surface area contributed by atoms with Crippen LogP contribution < -0.4 is 10.5 Å². The Bertz CT molecular complexity index is 656. The van der Waals surface area contributed by atoms with E-state index in [0.29, 0.717) is 12.3 Å². The second-order valence-electron chi connectivity index (χ2n) is 6.08. The van der Waals surface area contributed by atoms with Gasteiger partial charge in [0.1, 0.15) is 17.0 Å². The molecule has 0 bridgehead atoms. The largest absolute Gasteiger partial charge is 0.494 e. The van der Waals surface area contributed by atoms with Crippen LogP contribution in [0.4, 0.5) is 0 Å². The maximum Gasteiger partial charge on any atom is 0.331 e. The van der Waals surface area contributed by atoms with Crippen molar-refractivity contribution in [2.75, 3.05) is 6.61 Å². The molecule has 1 aromatic carbocycles. The third kappa shape index (κ3) is 4.56. The summed E-state index contributed by atoms with van der Waals surface area (Å²) < 4.78 is 15.8. The molecule has 0 aliphatic heterocycles. The van der Waals surface area contributed by atoms with Crippen molar-refractivity contribution in [3.63, 3.8) is 0 Å². The molecule has 1 unspecified atom stereocenters. The fourth-order valence-corrected chi connectivity index (χ4v) is 1.94. The van der Waals surface area contributed by atoms with Crippen molar-refractivity contribution >= 4 is 5.97 Å². The predicted molar refractivity (Wildman–Crippen MR) is 85.9 cm³/mol. The van der Waals surface area contributed by atoms with Crippen LogP contribution in [0.5, 0.6) is 5.75 Å². The lowest BCUT2D eigenvalue weighted by atomic mass is 10.1. The van der Waals surface area contributed by atoms with E-state index in [1.54, 1.807) is 26.8 Å². The average Bonchev–Trinajstić information content (AvgIpc) is 2.95. The summed E-state index contributed by atoms with van der Waals surface area (Å²) in [5.74, 6) is 0.500. The lowest BCUT2D eigenvalue weighted by Crippen LogP contribution is -2.31. The number of hydrogen-bond donors (Lipinski definition) is 1. The Morgan fingerprint density at radius 3 is 2.52 bits per heavy atom. The minimum absolute atomic E-state index is 0.267. The Kier molecular flexibility index (Phi) is 5.05. The van der Waals surface area contributed by atoms with Crippen LogP contribution in [0.25, 0.3) is 11.3 Å². The number of ether oxygens (including phenoxy) is 2. The van der Waals surface area contributed by atoms with Crippen LogP contribution in [0.1, 0.15) is 39.5 Å². The van der Waals surface area contributed by atoms with Crippen molar-refractivity contribution in [3.8, 4) is 17.0 Å². The summed E-state index contributed by atoms with van der Waals surface area (Å²) in [7, 11) is 0. The zero-order chi connectivity index (χ0) is 17.0. The maximum atomic E-state index is 12.0. The van der Waals surface area contributed by atoms with Crippen molar-refractivity contribution in [2.24, 2.45) is 5.73 Å². The fourth-order valence-electron chi connectivity index (χ4n) is 1.94. The molecule has 2 N–H and O–H groups in total. The molecule has 0 fully saturated rings. The highest BCUT2D eigenvalue weighted by Gasteiger charge is 2.26. The molecule has 2 aromatic rings. The number of benzene rings is 1. The van der Waals surface area contributed by atoms with Crippen molar-refractivity contribution in [1.82, 2.24) is 5.16 Å². The van der Waals surface area contributed by atoms with Crippen LogP contribution >= 0.6 is 0 Å². The van der Waals surface area contributed by atoms with E-state index >= 15 is 0 Å². The maximum absolute atomic E-state index is 12.0. The second-order valence-corrected chi connectivity index (χ2v) is 6.08. The summed E-state index contributed by atoms with van der Waals surface area (Å²) in [5.41, 5.74) is 6.71. The summed E-state index contributed by atoms with van der Waals surface area (Å²) in [6.07, 6.45) is 0. The van der Waals surface area contributed by atoms with Crippen LogP contribution in [0.15, 0.2) is 34.9 Å². The Morgan fingerprint density at radius 2 is 1.96 bits per heavy atom. The molecule has 0 aliphatic rings. The van der Waals surface area contributed by atoms with E-state index in [1.165, 1.54) is 0 Å². The summed E-state index contributed by atoms with van der Waals surface area (Å²) >= 11 is 0. The van der Waals surface area contributed by atoms with Crippen LogP contribution in [-0.4, -0.2) is 23.3 Å². The lowest BCUT2D eigenvalue weighted by molar-refractivity contribution is -0.157. The summed E-state index contributed by atoms with van der Waals surface area (Å²) in [5, 5.41) is 3.96. The van der Waals surface area contributed by atoms with E-state index in [0.717, 1.165) is 11.3 Å². The molecule has 0 aliphatic carbocycles. The SMILES string of the molecule is CCOc1ccc(-c2cc(C(N)C(=O)OC(C)(C)C)on2)cc1. The first-order valence-electron chi connectivity index (χ1n) is 7.48.